The van der Waals surface area contributed by atoms with Crippen molar-refractivity contribution < 1.29 is 9.53 Å². The standard InChI is InChI=1S/C21H28N2O2/c1-5-16(4)25-18-10-8-9-17(13-18)22-14-21(24)23-20-12-7-6-11-19(20)15(2)3/h6-13,15-16,22H,5,14H2,1-4H3,(H,23,24). The van der Waals surface area contributed by atoms with E-state index in [1.807, 2.05) is 55.5 Å². The lowest BCUT2D eigenvalue weighted by molar-refractivity contribution is -0.114. The van der Waals surface area contributed by atoms with Gasteiger partial charge >= 0.3 is 0 Å². The fraction of sp³-hybridized carbons (Fsp3) is 0.381. The van der Waals surface area contributed by atoms with Gasteiger partial charge in [0.2, 0.25) is 5.91 Å². The average molecular weight is 340 g/mol. The van der Waals surface area contributed by atoms with E-state index < -0.39 is 0 Å². The van der Waals surface area contributed by atoms with Crippen molar-refractivity contribution in [2.75, 3.05) is 17.2 Å². The summed E-state index contributed by atoms with van der Waals surface area (Å²) < 4.78 is 5.81. The maximum Gasteiger partial charge on any atom is 0.243 e. The summed E-state index contributed by atoms with van der Waals surface area (Å²) in [5.41, 5.74) is 2.88. The number of carbonyl (C=O) groups is 1. The van der Waals surface area contributed by atoms with Crippen LogP contribution in [0.4, 0.5) is 11.4 Å². The Morgan fingerprint density at radius 1 is 1.08 bits per heavy atom. The van der Waals surface area contributed by atoms with E-state index in [9.17, 15) is 4.79 Å². The van der Waals surface area contributed by atoms with Crippen LogP contribution in [0.3, 0.4) is 0 Å². The Morgan fingerprint density at radius 2 is 1.84 bits per heavy atom. The highest BCUT2D eigenvalue weighted by Crippen LogP contribution is 2.23. The molecule has 0 saturated carbocycles. The molecule has 2 N–H and O–H groups in total. The minimum absolute atomic E-state index is 0.0682. The van der Waals surface area contributed by atoms with Crippen LogP contribution in [0.5, 0.6) is 5.75 Å². The number of amides is 1. The molecule has 4 heteroatoms. The minimum Gasteiger partial charge on any atom is -0.491 e. The summed E-state index contributed by atoms with van der Waals surface area (Å²) >= 11 is 0. The normalized spacial score (nSPS) is 11.9. The Bertz CT molecular complexity index is 698. The third-order valence-electron chi connectivity index (χ3n) is 4.06. The molecule has 0 aliphatic rings. The van der Waals surface area contributed by atoms with Gasteiger partial charge in [-0.1, -0.05) is 45.0 Å². The third-order valence-corrected chi connectivity index (χ3v) is 4.06. The summed E-state index contributed by atoms with van der Waals surface area (Å²) in [5, 5.41) is 6.14. The van der Waals surface area contributed by atoms with Gasteiger partial charge in [0.05, 0.1) is 12.6 Å². The Balaban J connectivity index is 1.93. The number of nitrogens with one attached hydrogen (secondary N) is 2. The Labute approximate surface area is 150 Å². The summed E-state index contributed by atoms with van der Waals surface area (Å²) in [6, 6.07) is 15.6. The molecule has 2 aromatic rings. The van der Waals surface area contributed by atoms with Gasteiger partial charge in [0.1, 0.15) is 5.75 Å². The molecule has 0 saturated heterocycles. The molecule has 0 aliphatic heterocycles. The van der Waals surface area contributed by atoms with Gasteiger partial charge in [-0.3, -0.25) is 4.79 Å². The lowest BCUT2D eigenvalue weighted by Crippen LogP contribution is -2.22. The van der Waals surface area contributed by atoms with E-state index >= 15 is 0 Å². The molecule has 0 fully saturated rings. The van der Waals surface area contributed by atoms with Crippen molar-refractivity contribution in [1.29, 1.82) is 0 Å². The first kappa shape index (κ1) is 18.8. The van der Waals surface area contributed by atoms with Crippen molar-refractivity contribution in [2.45, 2.75) is 46.1 Å². The number of carbonyl (C=O) groups excluding carboxylic acids is 1. The smallest absolute Gasteiger partial charge is 0.243 e. The first-order valence-corrected chi connectivity index (χ1v) is 8.89. The minimum atomic E-state index is -0.0682. The highest BCUT2D eigenvalue weighted by Gasteiger charge is 2.09. The molecule has 0 spiro atoms. The lowest BCUT2D eigenvalue weighted by atomic mass is 10.0. The molecule has 0 aliphatic carbocycles. The molecule has 134 valence electrons. The molecule has 0 radical (unpaired) electrons. The molecular formula is C21H28N2O2. The van der Waals surface area contributed by atoms with Crippen molar-refractivity contribution in [3.8, 4) is 5.75 Å². The fourth-order valence-electron chi connectivity index (χ4n) is 2.49. The number of para-hydroxylation sites is 1. The highest BCUT2D eigenvalue weighted by atomic mass is 16.5. The molecule has 4 nitrogen and oxygen atoms in total. The van der Waals surface area contributed by atoms with Crippen LogP contribution in [-0.4, -0.2) is 18.6 Å². The van der Waals surface area contributed by atoms with E-state index in [1.54, 1.807) is 0 Å². The van der Waals surface area contributed by atoms with Gasteiger partial charge in [-0.2, -0.15) is 0 Å². The van der Waals surface area contributed by atoms with E-state index in [0.717, 1.165) is 29.1 Å². The van der Waals surface area contributed by atoms with Crippen LogP contribution >= 0.6 is 0 Å². The van der Waals surface area contributed by atoms with E-state index in [4.69, 9.17) is 4.74 Å². The summed E-state index contributed by atoms with van der Waals surface area (Å²) in [4.78, 5) is 12.3. The molecule has 2 rings (SSSR count). The van der Waals surface area contributed by atoms with Gasteiger partial charge in [0, 0.05) is 17.4 Å². The summed E-state index contributed by atoms with van der Waals surface area (Å²) in [6.45, 7) is 8.57. The third kappa shape index (κ3) is 5.82. The quantitative estimate of drug-likeness (QED) is 0.708. The zero-order chi connectivity index (χ0) is 18.2. The molecule has 1 unspecified atom stereocenters. The molecule has 2 aromatic carbocycles. The monoisotopic (exact) mass is 340 g/mol. The van der Waals surface area contributed by atoms with Gasteiger partial charge in [0.15, 0.2) is 0 Å². The highest BCUT2D eigenvalue weighted by molar-refractivity contribution is 5.94. The van der Waals surface area contributed by atoms with E-state index in [0.29, 0.717) is 5.92 Å². The Morgan fingerprint density at radius 3 is 2.56 bits per heavy atom. The van der Waals surface area contributed by atoms with E-state index in [1.165, 1.54) is 0 Å². The molecule has 25 heavy (non-hydrogen) atoms. The summed E-state index contributed by atoms with van der Waals surface area (Å²) in [7, 11) is 0. The SMILES string of the molecule is CCC(C)Oc1cccc(NCC(=O)Nc2ccccc2C(C)C)c1. The predicted molar refractivity (Wildman–Crippen MR) is 104 cm³/mol. The second kappa shape index (κ2) is 9.11. The van der Waals surface area contributed by atoms with Crippen LogP contribution in [0.1, 0.15) is 45.6 Å². The van der Waals surface area contributed by atoms with Gasteiger partial charge < -0.3 is 15.4 Å². The van der Waals surface area contributed by atoms with Crippen LogP contribution in [-0.2, 0) is 4.79 Å². The Hall–Kier alpha value is -2.49. The fourth-order valence-corrected chi connectivity index (χ4v) is 2.49. The van der Waals surface area contributed by atoms with Crippen LogP contribution in [0, 0.1) is 0 Å². The van der Waals surface area contributed by atoms with Crippen molar-refractivity contribution >= 4 is 17.3 Å². The van der Waals surface area contributed by atoms with Gasteiger partial charge in [0.25, 0.3) is 0 Å². The van der Waals surface area contributed by atoms with E-state index in [2.05, 4.69) is 31.4 Å². The van der Waals surface area contributed by atoms with Crippen molar-refractivity contribution in [3.05, 3.63) is 54.1 Å². The molecule has 0 heterocycles. The number of hydrogen-bond donors (Lipinski definition) is 2. The number of rotatable bonds is 8. The van der Waals surface area contributed by atoms with E-state index in [-0.39, 0.29) is 18.6 Å². The zero-order valence-corrected chi connectivity index (χ0v) is 15.5. The second-order valence-corrected chi connectivity index (χ2v) is 6.51. The first-order valence-electron chi connectivity index (χ1n) is 8.89. The van der Waals surface area contributed by atoms with Crippen molar-refractivity contribution in [2.24, 2.45) is 0 Å². The van der Waals surface area contributed by atoms with Crippen molar-refractivity contribution in [3.63, 3.8) is 0 Å². The molecule has 0 aromatic heterocycles. The number of ether oxygens (including phenoxy) is 1. The summed E-state index contributed by atoms with van der Waals surface area (Å²) in [5.74, 6) is 1.10. The molecule has 0 bridgehead atoms. The Kier molecular flexibility index (Phi) is 6.87. The molecular weight excluding hydrogens is 312 g/mol. The number of anilines is 2. The maximum absolute atomic E-state index is 12.3. The van der Waals surface area contributed by atoms with Crippen molar-refractivity contribution in [1.82, 2.24) is 0 Å². The van der Waals surface area contributed by atoms with Crippen LogP contribution in [0.2, 0.25) is 0 Å². The lowest BCUT2D eigenvalue weighted by Gasteiger charge is -2.15. The topological polar surface area (TPSA) is 50.4 Å². The average Bonchev–Trinajstić information content (AvgIpc) is 2.60. The zero-order valence-electron chi connectivity index (χ0n) is 15.5. The number of hydrogen-bond acceptors (Lipinski definition) is 3. The second-order valence-electron chi connectivity index (χ2n) is 6.51. The van der Waals surface area contributed by atoms with Crippen LogP contribution in [0.15, 0.2) is 48.5 Å². The molecule has 1 atom stereocenters. The van der Waals surface area contributed by atoms with Gasteiger partial charge in [-0.05, 0) is 43.0 Å². The van der Waals surface area contributed by atoms with Crippen LogP contribution < -0.4 is 15.4 Å². The predicted octanol–water partition coefficient (Wildman–Crippen LogP) is 5.04. The maximum atomic E-state index is 12.3. The summed E-state index contributed by atoms with van der Waals surface area (Å²) in [6.07, 6.45) is 1.13. The molecule has 1 amide bonds. The van der Waals surface area contributed by atoms with Gasteiger partial charge in [-0.15, -0.1) is 0 Å². The first-order chi connectivity index (χ1) is 12.0. The largest absolute Gasteiger partial charge is 0.491 e. The van der Waals surface area contributed by atoms with Crippen LogP contribution in [0.25, 0.3) is 0 Å². The number of benzene rings is 2. The van der Waals surface area contributed by atoms with Gasteiger partial charge in [-0.25, -0.2) is 0 Å².